The zero-order chi connectivity index (χ0) is 46.8. The first-order valence-corrected chi connectivity index (χ1v) is 23.8. The van der Waals surface area contributed by atoms with E-state index < -0.39 is 17.9 Å². The number of nitrogens with zero attached hydrogens (tertiary/aromatic N) is 3. The highest BCUT2D eigenvalue weighted by atomic mass is 16.5. The molecular formula is C52H66N6O8. The van der Waals surface area contributed by atoms with E-state index in [-0.39, 0.29) is 53.7 Å². The molecule has 14 heteroatoms. The molecule has 4 amide bonds. The number of benzene rings is 3. The number of imide groups is 1. The molecule has 9 rings (SSSR count). The molecule has 2 saturated heterocycles. The van der Waals surface area contributed by atoms with Crippen LogP contribution in [-0.4, -0.2) is 105 Å². The van der Waals surface area contributed by atoms with Gasteiger partial charge in [0.15, 0.2) is 11.5 Å². The van der Waals surface area contributed by atoms with E-state index in [1.807, 2.05) is 38.1 Å². The smallest absolute Gasteiger partial charge is 0.252 e. The molecule has 2 bridgehead atoms. The van der Waals surface area contributed by atoms with Gasteiger partial charge in [0.25, 0.3) is 11.8 Å². The molecule has 0 radical (unpaired) electrons. The number of nitriles is 1. The third-order valence-corrected chi connectivity index (χ3v) is 14.7. The summed E-state index contributed by atoms with van der Waals surface area (Å²) in [6.07, 6.45) is 5.89. The first-order valence-electron chi connectivity index (χ1n) is 23.8. The van der Waals surface area contributed by atoms with Crippen LogP contribution in [0.3, 0.4) is 0 Å². The summed E-state index contributed by atoms with van der Waals surface area (Å²) in [7, 11) is 0. The van der Waals surface area contributed by atoms with Crippen LogP contribution in [0.1, 0.15) is 116 Å². The largest absolute Gasteiger partial charge is 0.490 e. The van der Waals surface area contributed by atoms with Gasteiger partial charge >= 0.3 is 0 Å². The van der Waals surface area contributed by atoms with Crippen LogP contribution in [0.25, 0.3) is 0 Å². The van der Waals surface area contributed by atoms with Crippen molar-refractivity contribution in [2.75, 3.05) is 50.9 Å². The molecule has 2 saturated carbocycles. The first kappa shape index (κ1) is 46.9. The Morgan fingerprint density at radius 1 is 0.833 bits per heavy atom. The summed E-state index contributed by atoms with van der Waals surface area (Å²) in [5.41, 5.74) is 3.97. The van der Waals surface area contributed by atoms with Crippen LogP contribution >= 0.6 is 0 Å². The van der Waals surface area contributed by atoms with E-state index in [9.17, 15) is 24.4 Å². The molecule has 3 aromatic rings. The van der Waals surface area contributed by atoms with Crippen molar-refractivity contribution < 1.29 is 38.1 Å². The lowest BCUT2D eigenvalue weighted by atomic mass is 9.49. The second-order valence-electron chi connectivity index (χ2n) is 20.2. The molecule has 6 aliphatic rings. The van der Waals surface area contributed by atoms with Crippen LogP contribution in [0, 0.1) is 41.9 Å². The van der Waals surface area contributed by atoms with Gasteiger partial charge in [0.2, 0.25) is 11.8 Å². The standard InChI is InChI=1S/C52H66N6O8/c1-32-25-39(26-33(2)41(32)30-53)66-50-51(3,4)49(52(50,5)6)56-46(60)35-9-12-37(13-10-35)57-19-17-34(18-20-57)31-58-21-24-63-22-7-8-23-64-44-27-36(11-15-43(44)65-40-28-38(58)29-40)47(61)54-42-14-16-45(59)55-48(42)62/h9-13,15,25-27,34,38,40,42,49-50H,7-8,14,16-24,28-29,31H2,1-6H3,(H,54,61)(H,56,60)(H,55,59,62)/t38-,40-,42?,49-,50-. The number of carbonyl (C=O) groups excluding carboxylic acids is 4. The Kier molecular flexibility index (Phi) is 14.0. The second kappa shape index (κ2) is 19.7. The summed E-state index contributed by atoms with van der Waals surface area (Å²) in [6, 6.07) is 18.8. The van der Waals surface area contributed by atoms with E-state index in [1.54, 1.807) is 18.2 Å². The molecule has 66 heavy (non-hydrogen) atoms. The van der Waals surface area contributed by atoms with Crippen LogP contribution in [0.5, 0.6) is 17.2 Å². The maximum Gasteiger partial charge on any atom is 0.252 e. The Bertz CT molecular complexity index is 2290. The molecule has 3 N–H and O–H groups in total. The van der Waals surface area contributed by atoms with Crippen LogP contribution in [0.2, 0.25) is 0 Å². The second-order valence-corrected chi connectivity index (χ2v) is 20.2. The van der Waals surface area contributed by atoms with Gasteiger partial charge in [-0.2, -0.15) is 5.26 Å². The maximum absolute atomic E-state index is 13.7. The Morgan fingerprint density at radius 2 is 1.50 bits per heavy atom. The summed E-state index contributed by atoms with van der Waals surface area (Å²) in [6.45, 7) is 18.0. The fourth-order valence-electron chi connectivity index (χ4n) is 11.1. The van der Waals surface area contributed by atoms with Gasteiger partial charge in [0.05, 0.1) is 24.8 Å². The number of hydrogen-bond acceptors (Lipinski definition) is 11. The van der Waals surface area contributed by atoms with Crippen molar-refractivity contribution >= 4 is 29.3 Å². The lowest BCUT2D eigenvalue weighted by Crippen LogP contribution is -2.74. The number of ether oxygens (including phenoxy) is 4. The van der Waals surface area contributed by atoms with Gasteiger partial charge in [0.1, 0.15) is 24.0 Å². The topological polar surface area (TPSA) is 172 Å². The molecule has 4 heterocycles. The number of hydrogen-bond donors (Lipinski definition) is 3. The highest BCUT2D eigenvalue weighted by Gasteiger charge is 2.64. The third-order valence-electron chi connectivity index (χ3n) is 14.7. The molecule has 2 aliphatic carbocycles. The molecule has 1 unspecified atom stereocenters. The maximum atomic E-state index is 13.7. The molecule has 0 spiro atoms. The predicted molar refractivity (Wildman–Crippen MR) is 250 cm³/mol. The van der Waals surface area contributed by atoms with Crippen LogP contribution in [0.4, 0.5) is 5.69 Å². The SMILES string of the molecule is Cc1cc(O[C@H]2C(C)(C)[C@H](NC(=O)c3ccc(N4CCC(CN5CCOCCCCOc6cc(C(=O)NC7CCC(=O)NC7=O)ccc6O[C@H]6C[C@H]5C6)CC4)cc3)C2(C)C)cc(C)c1C#N. The van der Waals surface area contributed by atoms with Crippen molar-refractivity contribution in [1.82, 2.24) is 20.9 Å². The number of piperidine rings is 2. The Labute approximate surface area is 389 Å². The van der Waals surface area contributed by atoms with Gasteiger partial charge in [-0.3, -0.25) is 29.4 Å². The molecule has 14 nitrogen and oxygen atoms in total. The van der Waals surface area contributed by atoms with E-state index in [4.69, 9.17) is 18.9 Å². The van der Waals surface area contributed by atoms with Gasteiger partial charge in [-0.25, -0.2) is 0 Å². The van der Waals surface area contributed by atoms with Gasteiger partial charge < -0.3 is 34.5 Å². The highest BCUT2D eigenvalue weighted by molar-refractivity contribution is 6.04. The number of fused-ring (bicyclic) bond motifs is 8. The summed E-state index contributed by atoms with van der Waals surface area (Å²) in [4.78, 5) is 55.7. The van der Waals surface area contributed by atoms with Gasteiger partial charge in [-0.1, -0.05) is 27.7 Å². The highest BCUT2D eigenvalue weighted by Crippen LogP contribution is 2.55. The van der Waals surface area contributed by atoms with Crippen molar-refractivity contribution in [3.05, 3.63) is 82.4 Å². The molecule has 0 aromatic heterocycles. The molecule has 352 valence electrons. The van der Waals surface area contributed by atoms with Crippen LogP contribution in [-0.2, 0) is 14.3 Å². The molecule has 3 aromatic carbocycles. The Morgan fingerprint density at radius 3 is 2.18 bits per heavy atom. The number of aryl methyl sites for hydroxylation is 2. The fourth-order valence-corrected chi connectivity index (χ4v) is 11.1. The minimum absolute atomic E-state index is 0.0208. The fraction of sp³-hybridized carbons (Fsp3) is 0.558. The van der Waals surface area contributed by atoms with E-state index in [1.165, 1.54) is 0 Å². The number of amides is 4. The molecule has 4 fully saturated rings. The van der Waals surface area contributed by atoms with Crippen molar-refractivity contribution in [3.8, 4) is 23.3 Å². The van der Waals surface area contributed by atoms with Crippen molar-refractivity contribution in [2.24, 2.45) is 16.7 Å². The summed E-state index contributed by atoms with van der Waals surface area (Å²) >= 11 is 0. The van der Waals surface area contributed by atoms with Crippen molar-refractivity contribution in [1.29, 1.82) is 5.26 Å². The monoisotopic (exact) mass is 902 g/mol. The lowest BCUT2D eigenvalue weighted by molar-refractivity contribution is -0.164. The molecule has 4 aliphatic heterocycles. The number of nitrogens with one attached hydrogen (secondary N) is 3. The normalized spacial score (nSPS) is 25.7. The first-order chi connectivity index (χ1) is 31.6. The van der Waals surface area contributed by atoms with Crippen molar-refractivity contribution in [2.45, 2.75) is 123 Å². The Balaban J connectivity index is 0.819. The van der Waals surface area contributed by atoms with Crippen LogP contribution in [0.15, 0.2) is 54.6 Å². The van der Waals surface area contributed by atoms with E-state index in [0.717, 1.165) is 87.3 Å². The minimum atomic E-state index is -0.764. The molecular weight excluding hydrogens is 837 g/mol. The van der Waals surface area contributed by atoms with Crippen molar-refractivity contribution in [3.63, 3.8) is 0 Å². The number of carbonyl (C=O) groups is 4. The average Bonchev–Trinajstić information content (AvgIpc) is 3.28. The zero-order valence-electron chi connectivity index (χ0n) is 39.4. The van der Waals surface area contributed by atoms with Gasteiger partial charge in [0, 0.05) is 91.8 Å². The number of anilines is 1. The average molecular weight is 903 g/mol. The lowest BCUT2D eigenvalue weighted by Gasteiger charge is -2.63. The third kappa shape index (κ3) is 10.2. The van der Waals surface area contributed by atoms with E-state index in [2.05, 4.69) is 71.6 Å². The predicted octanol–water partition coefficient (Wildman–Crippen LogP) is 6.64. The zero-order valence-corrected chi connectivity index (χ0v) is 39.4. The summed E-state index contributed by atoms with van der Waals surface area (Å²) < 4.78 is 25.3. The quantitative estimate of drug-likeness (QED) is 0.197. The van der Waals surface area contributed by atoms with E-state index in [0.29, 0.717) is 60.0 Å². The van der Waals surface area contributed by atoms with E-state index >= 15 is 0 Å². The summed E-state index contributed by atoms with van der Waals surface area (Å²) in [5.74, 6) is 1.09. The molecule has 1 atom stereocenters. The Hall–Kier alpha value is -5.65. The van der Waals surface area contributed by atoms with Gasteiger partial charge in [-0.15, -0.1) is 0 Å². The summed E-state index contributed by atoms with van der Waals surface area (Å²) in [5, 5.41) is 17.9. The van der Waals surface area contributed by atoms with Gasteiger partial charge in [-0.05, 0) is 118 Å². The van der Waals surface area contributed by atoms with Crippen LogP contribution < -0.4 is 35.1 Å². The minimum Gasteiger partial charge on any atom is -0.490 e. The number of rotatable bonds is 9.